The van der Waals surface area contributed by atoms with Crippen LogP contribution in [0.4, 0.5) is 4.39 Å². The lowest BCUT2D eigenvalue weighted by molar-refractivity contribution is 0.0764. The van der Waals surface area contributed by atoms with E-state index in [4.69, 9.17) is 4.18 Å². The van der Waals surface area contributed by atoms with Crippen molar-refractivity contribution in [3.8, 4) is 11.5 Å². The van der Waals surface area contributed by atoms with Crippen molar-refractivity contribution < 1.29 is 26.9 Å². The summed E-state index contributed by atoms with van der Waals surface area (Å²) in [5.41, 5.74) is 1.83. The molecule has 1 aliphatic rings. The van der Waals surface area contributed by atoms with Crippen LogP contribution in [0, 0.1) is 12.7 Å². The first kappa shape index (κ1) is 21.8. The summed E-state index contributed by atoms with van der Waals surface area (Å²) in [5.74, 6) is -1.28. The Morgan fingerprint density at radius 2 is 1.79 bits per heavy atom. The van der Waals surface area contributed by atoms with Crippen LogP contribution in [0.25, 0.3) is 10.9 Å². The van der Waals surface area contributed by atoms with Crippen LogP contribution in [0.15, 0.2) is 71.8 Å². The van der Waals surface area contributed by atoms with Crippen molar-refractivity contribution in [1.29, 1.82) is 0 Å². The standard InChI is InChI=1S/C25H19FN2O5S/c1-15-4-10-18(11-5-15)34(31,32)33-24-19-3-2-12-27-22(19)23(29)21-20(24)14-28(25(21)30)13-16-6-8-17(26)9-7-16/h2-12,29H,13-14H2,1H3. The third kappa shape index (κ3) is 3.73. The Balaban J connectivity index is 1.61. The van der Waals surface area contributed by atoms with Gasteiger partial charge in [0, 0.05) is 23.7 Å². The van der Waals surface area contributed by atoms with Gasteiger partial charge in [0.1, 0.15) is 16.2 Å². The van der Waals surface area contributed by atoms with Gasteiger partial charge in [-0.1, -0.05) is 29.8 Å². The van der Waals surface area contributed by atoms with Gasteiger partial charge in [-0.3, -0.25) is 9.78 Å². The van der Waals surface area contributed by atoms with Crippen LogP contribution >= 0.6 is 0 Å². The van der Waals surface area contributed by atoms with Crippen LogP contribution in [0.2, 0.25) is 0 Å². The topological polar surface area (TPSA) is 96.8 Å². The average molecular weight is 479 g/mol. The third-order valence-electron chi connectivity index (χ3n) is 5.73. The van der Waals surface area contributed by atoms with Crippen molar-refractivity contribution in [2.45, 2.75) is 24.9 Å². The zero-order valence-corrected chi connectivity index (χ0v) is 18.8. The van der Waals surface area contributed by atoms with Gasteiger partial charge in [0.25, 0.3) is 5.91 Å². The van der Waals surface area contributed by atoms with E-state index in [1.165, 1.54) is 35.4 Å². The number of carbonyl (C=O) groups excluding carboxylic acids is 1. The van der Waals surface area contributed by atoms with Crippen molar-refractivity contribution in [3.63, 3.8) is 0 Å². The number of halogens is 1. The molecule has 9 heteroatoms. The molecular formula is C25H19FN2O5S. The number of aromatic nitrogens is 1. The van der Waals surface area contributed by atoms with Crippen LogP contribution in [0.5, 0.6) is 11.5 Å². The van der Waals surface area contributed by atoms with Gasteiger partial charge in [0.05, 0.1) is 12.1 Å². The second-order valence-corrected chi connectivity index (χ2v) is 9.62. The number of benzene rings is 3. The Bertz CT molecular complexity index is 1530. The molecule has 5 rings (SSSR count). The SMILES string of the molecule is Cc1ccc(S(=O)(=O)Oc2c3c(c(O)c4ncccc24)C(=O)N(Cc2ccc(F)cc2)C3)cc1. The summed E-state index contributed by atoms with van der Waals surface area (Å²) in [5, 5.41) is 11.1. The van der Waals surface area contributed by atoms with Crippen LogP contribution in [0.3, 0.4) is 0 Å². The fourth-order valence-corrected chi connectivity index (χ4v) is 4.99. The van der Waals surface area contributed by atoms with E-state index in [0.717, 1.165) is 5.56 Å². The van der Waals surface area contributed by atoms with E-state index in [-0.39, 0.29) is 51.5 Å². The number of nitrogens with zero attached hydrogens (tertiary/aromatic N) is 2. The van der Waals surface area contributed by atoms with E-state index >= 15 is 0 Å². The zero-order valence-electron chi connectivity index (χ0n) is 18.0. The minimum absolute atomic E-state index is 0.00267. The van der Waals surface area contributed by atoms with E-state index < -0.39 is 21.8 Å². The third-order valence-corrected chi connectivity index (χ3v) is 6.96. The summed E-state index contributed by atoms with van der Waals surface area (Å²) in [6.07, 6.45) is 1.43. The van der Waals surface area contributed by atoms with Crippen LogP contribution < -0.4 is 4.18 Å². The Morgan fingerprint density at radius 3 is 2.50 bits per heavy atom. The maximum atomic E-state index is 13.3. The Morgan fingerprint density at radius 1 is 1.09 bits per heavy atom. The van der Waals surface area contributed by atoms with Gasteiger partial charge in [-0.15, -0.1) is 0 Å². The van der Waals surface area contributed by atoms with Gasteiger partial charge in [-0.05, 0) is 48.9 Å². The second kappa shape index (κ2) is 8.11. The van der Waals surface area contributed by atoms with Crippen molar-refractivity contribution in [3.05, 3.63) is 94.9 Å². The van der Waals surface area contributed by atoms with Crippen molar-refractivity contribution in [2.24, 2.45) is 0 Å². The molecule has 0 atom stereocenters. The molecule has 34 heavy (non-hydrogen) atoms. The van der Waals surface area contributed by atoms with Gasteiger partial charge >= 0.3 is 10.1 Å². The highest BCUT2D eigenvalue weighted by atomic mass is 32.2. The summed E-state index contributed by atoms with van der Waals surface area (Å²) < 4.78 is 45.1. The first-order valence-corrected chi connectivity index (χ1v) is 11.8. The monoisotopic (exact) mass is 478 g/mol. The van der Waals surface area contributed by atoms with Gasteiger partial charge in [0.2, 0.25) is 0 Å². The molecule has 3 aromatic carbocycles. The summed E-state index contributed by atoms with van der Waals surface area (Å²) in [6.45, 7) is 1.98. The van der Waals surface area contributed by atoms with E-state index in [0.29, 0.717) is 5.56 Å². The normalized spacial score (nSPS) is 13.4. The lowest BCUT2D eigenvalue weighted by Crippen LogP contribution is -2.23. The van der Waals surface area contributed by atoms with Gasteiger partial charge in [0.15, 0.2) is 11.5 Å². The van der Waals surface area contributed by atoms with E-state index in [1.807, 2.05) is 6.92 Å². The molecule has 0 unspecified atom stereocenters. The Labute approximate surface area is 195 Å². The fourth-order valence-electron chi connectivity index (χ4n) is 4.01. The number of rotatable bonds is 5. The van der Waals surface area contributed by atoms with Crippen molar-refractivity contribution in [2.75, 3.05) is 0 Å². The van der Waals surface area contributed by atoms with Crippen molar-refractivity contribution >= 4 is 26.9 Å². The molecule has 1 aromatic heterocycles. The molecule has 0 aliphatic carbocycles. The molecular weight excluding hydrogens is 459 g/mol. The van der Waals surface area contributed by atoms with Crippen LogP contribution in [0.1, 0.15) is 27.0 Å². The lowest BCUT2D eigenvalue weighted by Gasteiger charge is -2.16. The Hall–Kier alpha value is -3.98. The number of phenols is 1. The Kier molecular flexibility index (Phi) is 5.21. The van der Waals surface area contributed by atoms with Crippen LogP contribution in [-0.4, -0.2) is 29.3 Å². The molecule has 0 radical (unpaired) electrons. The number of phenolic OH excluding ortho intramolecular Hbond substituents is 1. The molecule has 172 valence electrons. The highest BCUT2D eigenvalue weighted by Crippen LogP contribution is 2.44. The number of carbonyl (C=O) groups is 1. The number of fused-ring (bicyclic) bond motifs is 2. The first-order valence-electron chi connectivity index (χ1n) is 10.4. The maximum Gasteiger partial charge on any atom is 0.339 e. The quantitative estimate of drug-likeness (QED) is 0.430. The number of hydrogen-bond donors (Lipinski definition) is 1. The predicted molar refractivity (Wildman–Crippen MR) is 122 cm³/mol. The van der Waals surface area contributed by atoms with E-state index in [9.17, 15) is 22.7 Å². The van der Waals surface area contributed by atoms with E-state index in [1.54, 1.807) is 36.4 Å². The molecule has 0 saturated carbocycles. The van der Waals surface area contributed by atoms with Gasteiger partial charge < -0.3 is 14.2 Å². The summed E-state index contributed by atoms with van der Waals surface area (Å²) in [6, 6.07) is 15.1. The molecule has 0 fully saturated rings. The molecule has 7 nitrogen and oxygen atoms in total. The summed E-state index contributed by atoms with van der Waals surface area (Å²) >= 11 is 0. The largest absolute Gasteiger partial charge is 0.505 e. The number of aryl methyl sites for hydroxylation is 1. The highest BCUT2D eigenvalue weighted by Gasteiger charge is 2.37. The molecule has 2 heterocycles. The smallest absolute Gasteiger partial charge is 0.339 e. The predicted octanol–water partition coefficient (Wildman–Crippen LogP) is 4.31. The second-order valence-electron chi connectivity index (χ2n) is 8.07. The zero-order chi connectivity index (χ0) is 24.0. The minimum Gasteiger partial charge on any atom is -0.505 e. The summed E-state index contributed by atoms with van der Waals surface area (Å²) in [7, 11) is -4.24. The van der Waals surface area contributed by atoms with Gasteiger partial charge in [-0.25, -0.2) is 4.39 Å². The molecule has 1 aliphatic heterocycles. The highest BCUT2D eigenvalue weighted by molar-refractivity contribution is 7.87. The molecule has 0 bridgehead atoms. The average Bonchev–Trinajstić information content (AvgIpc) is 3.14. The summed E-state index contributed by atoms with van der Waals surface area (Å²) in [4.78, 5) is 18.8. The number of amides is 1. The minimum atomic E-state index is -4.24. The number of pyridine rings is 1. The first-order chi connectivity index (χ1) is 16.2. The molecule has 4 aromatic rings. The lowest BCUT2D eigenvalue weighted by atomic mass is 10.0. The molecule has 1 N–H and O–H groups in total. The van der Waals surface area contributed by atoms with Gasteiger partial charge in [-0.2, -0.15) is 8.42 Å². The fraction of sp³-hybridized carbons (Fsp3) is 0.120. The number of aromatic hydroxyl groups is 1. The van der Waals surface area contributed by atoms with Crippen LogP contribution in [-0.2, 0) is 23.2 Å². The molecule has 1 amide bonds. The molecule has 0 spiro atoms. The van der Waals surface area contributed by atoms with E-state index in [2.05, 4.69) is 4.98 Å². The number of hydrogen-bond acceptors (Lipinski definition) is 6. The maximum absolute atomic E-state index is 13.3. The molecule has 0 saturated heterocycles. The van der Waals surface area contributed by atoms with Crippen molar-refractivity contribution in [1.82, 2.24) is 9.88 Å².